The lowest BCUT2D eigenvalue weighted by atomic mass is 9.79. The third kappa shape index (κ3) is 6.24. The summed E-state index contributed by atoms with van der Waals surface area (Å²) in [6.45, 7) is 0. The number of alkyl halides is 3. The van der Waals surface area contributed by atoms with Gasteiger partial charge in [0.15, 0.2) is 0 Å². The minimum absolute atomic E-state index is 0.0974. The number of urea groups is 1. The van der Waals surface area contributed by atoms with Crippen LogP contribution >= 0.6 is 11.6 Å². The van der Waals surface area contributed by atoms with Gasteiger partial charge in [-0.2, -0.15) is 13.2 Å². The number of amides is 2. The molecule has 0 saturated carbocycles. The van der Waals surface area contributed by atoms with E-state index in [1.54, 1.807) is 30.3 Å². The number of rotatable bonds is 6. The molecule has 1 unspecified atom stereocenters. The average Bonchev–Trinajstić information content (AvgIpc) is 2.84. The van der Waals surface area contributed by atoms with Gasteiger partial charge in [-0.25, -0.2) is 13.6 Å². The Labute approximate surface area is 214 Å². The Bertz CT molecular complexity index is 1400. The van der Waals surface area contributed by atoms with Crippen LogP contribution in [0.25, 0.3) is 0 Å². The van der Waals surface area contributed by atoms with Crippen molar-refractivity contribution < 1.29 is 26.7 Å². The Morgan fingerprint density at radius 1 is 0.838 bits per heavy atom. The fraction of sp³-hybridized carbons (Fsp3) is 0.111. The van der Waals surface area contributed by atoms with Gasteiger partial charge in [-0.1, -0.05) is 48.0 Å². The number of carbonyl (C=O) groups is 1. The van der Waals surface area contributed by atoms with Gasteiger partial charge in [0.05, 0.1) is 16.3 Å². The van der Waals surface area contributed by atoms with Gasteiger partial charge in [0.25, 0.3) is 0 Å². The van der Waals surface area contributed by atoms with E-state index in [2.05, 4.69) is 15.6 Å². The topological polar surface area (TPSA) is 54.0 Å². The maximum Gasteiger partial charge on any atom is 0.416 e. The molecule has 2 N–H and O–H groups in total. The summed E-state index contributed by atoms with van der Waals surface area (Å²) in [5.74, 6) is -1.75. The molecule has 1 aromatic heterocycles. The fourth-order valence-corrected chi connectivity index (χ4v) is 4.09. The predicted octanol–water partition coefficient (Wildman–Crippen LogP) is 7.34. The molecule has 0 saturated heterocycles. The van der Waals surface area contributed by atoms with Crippen LogP contribution in [0.1, 0.15) is 22.4 Å². The van der Waals surface area contributed by atoms with Crippen molar-refractivity contribution in [2.45, 2.75) is 18.1 Å². The van der Waals surface area contributed by atoms with Crippen molar-refractivity contribution in [3.63, 3.8) is 0 Å². The van der Waals surface area contributed by atoms with Crippen LogP contribution in [-0.4, -0.2) is 11.0 Å². The molecule has 3 aromatic carbocycles. The van der Waals surface area contributed by atoms with E-state index in [0.717, 1.165) is 18.2 Å². The van der Waals surface area contributed by atoms with Crippen LogP contribution in [0.4, 0.5) is 32.4 Å². The Morgan fingerprint density at radius 3 is 2.22 bits per heavy atom. The van der Waals surface area contributed by atoms with Crippen LogP contribution < -0.4 is 10.6 Å². The number of anilines is 1. The van der Waals surface area contributed by atoms with Gasteiger partial charge in [0, 0.05) is 18.3 Å². The summed E-state index contributed by atoms with van der Waals surface area (Å²) in [7, 11) is 0. The summed E-state index contributed by atoms with van der Waals surface area (Å²) in [4.78, 5) is 17.5. The monoisotopic (exact) mass is 531 g/mol. The van der Waals surface area contributed by atoms with Gasteiger partial charge in [-0.15, -0.1) is 0 Å². The third-order valence-electron chi connectivity index (χ3n) is 5.60. The molecular weight excluding hydrogens is 513 g/mol. The molecule has 0 aliphatic heterocycles. The molecule has 1 atom stereocenters. The van der Waals surface area contributed by atoms with Crippen molar-refractivity contribution in [3.05, 3.63) is 130 Å². The highest BCUT2D eigenvalue weighted by molar-refractivity contribution is 6.30. The van der Waals surface area contributed by atoms with Gasteiger partial charge in [-0.05, 0) is 59.7 Å². The molecule has 0 aliphatic carbocycles. The lowest BCUT2D eigenvalue weighted by Crippen LogP contribution is -2.50. The number of hydrogen-bond donors (Lipinski definition) is 2. The van der Waals surface area contributed by atoms with Crippen molar-refractivity contribution in [2.75, 3.05) is 5.32 Å². The number of benzene rings is 3. The van der Waals surface area contributed by atoms with Crippen molar-refractivity contribution in [1.29, 1.82) is 0 Å². The van der Waals surface area contributed by atoms with Crippen molar-refractivity contribution in [3.8, 4) is 0 Å². The van der Waals surface area contributed by atoms with E-state index in [0.29, 0.717) is 11.6 Å². The highest BCUT2D eigenvalue weighted by Gasteiger charge is 2.41. The molecule has 0 spiro atoms. The van der Waals surface area contributed by atoms with Gasteiger partial charge < -0.3 is 10.6 Å². The largest absolute Gasteiger partial charge is 0.416 e. The molecule has 0 fully saturated rings. The Balaban J connectivity index is 1.91. The highest BCUT2D eigenvalue weighted by Crippen LogP contribution is 2.38. The number of halogens is 6. The lowest BCUT2D eigenvalue weighted by molar-refractivity contribution is -0.137. The van der Waals surface area contributed by atoms with Crippen LogP contribution in [0.5, 0.6) is 0 Å². The minimum Gasteiger partial charge on any atom is -0.322 e. The van der Waals surface area contributed by atoms with E-state index in [4.69, 9.17) is 11.6 Å². The Kier molecular flexibility index (Phi) is 7.45. The number of pyridine rings is 1. The number of nitrogens with zero attached hydrogens (tertiary/aromatic N) is 1. The molecule has 2 amide bonds. The molecule has 1 heterocycles. The predicted molar refractivity (Wildman–Crippen MR) is 130 cm³/mol. The van der Waals surface area contributed by atoms with Crippen LogP contribution in [0.15, 0.2) is 91.1 Å². The molecule has 0 radical (unpaired) electrons. The van der Waals surface area contributed by atoms with Gasteiger partial charge in [0.2, 0.25) is 0 Å². The second-order valence-electron chi connectivity index (χ2n) is 8.25. The molecule has 37 heavy (non-hydrogen) atoms. The molecule has 4 aromatic rings. The van der Waals surface area contributed by atoms with E-state index >= 15 is 0 Å². The summed E-state index contributed by atoms with van der Waals surface area (Å²) < 4.78 is 69.3. The molecule has 0 aliphatic rings. The van der Waals surface area contributed by atoms with E-state index in [9.17, 15) is 26.7 Å². The average molecular weight is 532 g/mol. The lowest BCUT2D eigenvalue weighted by Gasteiger charge is -2.36. The van der Waals surface area contributed by atoms with E-state index in [1.807, 2.05) is 0 Å². The van der Waals surface area contributed by atoms with Crippen molar-refractivity contribution in [2.24, 2.45) is 0 Å². The van der Waals surface area contributed by atoms with Gasteiger partial charge >= 0.3 is 12.2 Å². The molecule has 4 rings (SSSR count). The molecule has 4 nitrogen and oxygen atoms in total. The van der Waals surface area contributed by atoms with Gasteiger partial charge in [0.1, 0.15) is 17.2 Å². The molecule has 0 bridgehead atoms. The normalized spacial score (nSPS) is 13.0. The summed E-state index contributed by atoms with van der Waals surface area (Å²) in [6.07, 6.45) is -3.68. The quantitative estimate of drug-likeness (QED) is 0.256. The first kappa shape index (κ1) is 26.1. The summed E-state index contributed by atoms with van der Waals surface area (Å²) in [5, 5.41) is 5.41. The number of nitrogens with one attached hydrogen (secondary N) is 2. The summed E-state index contributed by atoms with van der Waals surface area (Å²) >= 11 is 6.00. The first-order chi connectivity index (χ1) is 17.5. The zero-order chi connectivity index (χ0) is 26.6. The highest BCUT2D eigenvalue weighted by atomic mass is 35.5. The van der Waals surface area contributed by atoms with Crippen molar-refractivity contribution >= 4 is 23.3 Å². The SMILES string of the molecule is O=C(Nc1cccc(F)c1)NC(Cc1ccccc1)(c1cc(F)cc(C(F)(F)F)c1)c1ccc(Cl)cn1. The first-order valence-corrected chi connectivity index (χ1v) is 11.3. The maximum atomic E-state index is 14.6. The number of carbonyl (C=O) groups excluding carboxylic acids is 1. The maximum absolute atomic E-state index is 14.6. The summed E-state index contributed by atoms with van der Waals surface area (Å²) in [6, 6.07) is 17.7. The molecular formula is C27H19ClF5N3O. The van der Waals surface area contributed by atoms with Crippen molar-refractivity contribution in [1.82, 2.24) is 10.3 Å². The van der Waals surface area contributed by atoms with Crippen LogP contribution in [0.3, 0.4) is 0 Å². The zero-order valence-electron chi connectivity index (χ0n) is 19.0. The number of hydrogen-bond acceptors (Lipinski definition) is 2. The molecule has 10 heteroatoms. The smallest absolute Gasteiger partial charge is 0.322 e. The first-order valence-electron chi connectivity index (χ1n) is 10.9. The second-order valence-corrected chi connectivity index (χ2v) is 8.68. The fourth-order valence-electron chi connectivity index (χ4n) is 3.97. The minimum atomic E-state index is -4.85. The zero-order valence-corrected chi connectivity index (χ0v) is 19.7. The second kappa shape index (κ2) is 10.6. The van der Waals surface area contributed by atoms with Crippen LogP contribution in [0.2, 0.25) is 5.02 Å². The van der Waals surface area contributed by atoms with E-state index in [-0.39, 0.29) is 28.4 Å². The summed E-state index contributed by atoms with van der Waals surface area (Å²) in [5.41, 5.74) is -2.40. The van der Waals surface area contributed by atoms with E-state index < -0.39 is 34.9 Å². The van der Waals surface area contributed by atoms with E-state index in [1.165, 1.54) is 36.5 Å². The standard InChI is InChI=1S/C27H19ClF5N3O/c28-20-9-10-24(34-16-20)26(15-17-5-2-1-3-6-17,18-11-19(27(31,32)33)13-22(30)12-18)36-25(37)35-23-8-4-7-21(29)14-23/h1-14,16H,15H2,(H2,35,36,37). The van der Waals surface area contributed by atoms with Gasteiger partial charge in [-0.3, -0.25) is 4.98 Å². The Morgan fingerprint density at radius 2 is 1.57 bits per heavy atom. The van der Waals surface area contributed by atoms with Crippen LogP contribution in [-0.2, 0) is 18.1 Å². The van der Waals surface area contributed by atoms with Crippen LogP contribution in [0, 0.1) is 11.6 Å². The third-order valence-corrected chi connectivity index (χ3v) is 5.83. The Hall–Kier alpha value is -3.98. The number of aromatic nitrogens is 1. The molecule has 190 valence electrons.